The molecule has 4 bridgehead atoms. The molecule has 0 radical (unpaired) electrons. The second-order valence-electron chi connectivity index (χ2n) is 10.3. The van der Waals surface area contributed by atoms with E-state index in [0.29, 0.717) is 22.3 Å². The lowest BCUT2D eigenvalue weighted by molar-refractivity contribution is -0.160. The quantitative estimate of drug-likeness (QED) is 0.688. The van der Waals surface area contributed by atoms with E-state index in [4.69, 9.17) is 5.73 Å². The van der Waals surface area contributed by atoms with Crippen LogP contribution in [0.2, 0.25) is 0 Å². The van der Waals surface area contributed by atoms with Crippen LogP contribution in [0.4, 0.5) is 0 Å². The summed E-state index contributed by atoms with van der Waals surface area (Å²) in [7, 11) is 0. The van der Waals surface area contributed by atoms with Gasteiger partial charge in [-0.15, -0.1) is 0 Å². The van der Waals surface area contributed by atoms with Crippen LogP contribution in [0.3, 0.4) is 0 Å². The fraction of sp³-hybridized carbons (Fsp3) is 1.00. The highest BCUT2D eigenvalue weighted by Crippen LogP contribution is 2.70. The highest BCUT2D eigenvalue weighted by Gasteiger charge is 2.62. The summed E-state index contributed by atoms with van der Waals surface area (Å²) in [6.45, 7) is 5.18. The van der Waals surface area contributed by atoms with Crippen LogP contribution in [0, 0.1) is 28.1 Å². The minimum absolute atomic E-state index is 0.498. The largest absolute Gasteiger partial charge is 0.327 e. The highest BCUT2D eigenvalue weighted by atomic mass is 14.8. The van der Waals surface area contributed by atoms with Crippen molar-refractivity contribution in [1.29, 1.82) is 0 Å². The highest BCUT2D eigenvalue weighted by molar-refractivity contribution is 5.13. The van der Waals surface area contributed by atoms with Gasteiger partial charge in [-0.3, -0.25) is 0 Å². The first kappa shape index (κ1) is 14.5. The molecule has 5 saturated carbocycles. The van der Waals surface area contributed by atoms with Crippen molar-refractivity contribution in [3.05, 3.63) is 0 Å². The molecule has 0 spiro atoms. The Morgan fingerprint density at radius 3 is 1.90 bits per heavy atom. The zero-order chi connectivity index (χ0) is 14.7. The van der Waals surface area contributed by atoms with Crippen molar-refractivity contribution in [1.82, 2.24) is 0 Å². The molecule has 0 amide bonds. The van der Waals surface area contributed by atoms with Crippen LogP contribution in [0.1, 0.15) is 90.9 Å². The van der Waals surface area contributed by atoms with Crippen molar-refractivity contribution in [2.24, 2.45) is 33.8 Å². The summed E-state index contributed by atoms with van der Waals surface area (Å²) in [4.78, 5) is 0. The van der Waals surface area contributed by atoms with Crippen molar-refractivity contribution in [2.45, 2.75) is 96.9 Å². The fourth-order valence-electron chi connectivity index (χ4n) is 8.08. The van der Waals surface area contributed by atoms with Gasteiger partial charge in [0.15, 0.2) is 0 Å². The van der Waals surface area contributed by atoms with Gasteiger partial charge >= 0.3 is 0 Å². The van der Waals surface area contributed by atoms with E-state index in [1.807, 2.05) is 0 Å². The predicted octanol–water partition coefficient (Wildman–Crippen LogP) is 5.28. The summed E-state index contributed by atoms with van der Waals surface area (Å²) in [6.07, 6.45) is 17.5. The Morgan fingerprint density at radius 1 is 0.810 bits per heavy atom. The van der Waals surface area contributed by atoms with Crippen molar-refractivity contribution in [3.63, 3.8) is 0 Å². The van der Waals surface area contributed by atoms with E-state index in [0.717, 1.165) is 11.8 Å². The number of rotatable bonds is 2. The molecule has 5 fully saturated rings. The normalized spacial score (nSPS) is 51.9. The van der Waals surface area contributed by atoms with Crippen LogP contribution < -0.4 is 5.73 Å². The molecular weight excluding hydrogens is 254 g/mol. The van der Waals surface area contributed by atoms with Crippen molar-refractivity contribution in [3.8, 4) is 0 Å². The Kier molecular flexibility index (Phi) is 3.27. The minimum atomic E-state index is 0.498. The molecule has 3 unspecified atom stereocenters. The van der Waals surface area contributed by atoms with E-state index in [2.05, 4.69) is 13.8 Å². The van der Waals surface area contributed by atoms with Gasteiger partial charge in [0.25, 0.3) is 0 Å². The molecule has 5 aliphatic rings. The van der Waals surface area contributed by atoms with Crippen LogP contribution in [-0.2, 0) is 0 Å². The van der Waals surface area contributed by atoms with Crippen LogP contribution in [-0.4, -0.2) is 6.04 Å². The Hall–Kier alpha value is -0.0400. The minimum Gasteiger partial charge on any atom is -0.327 e. The maximum atomic E-state index is 7.03. The Morgan fingerprint density at radius 2 is 1.38 bits per heavy atom. The topological polar surface area (TPSA) is 26.0 Å². The summed E-state index contributed by atoms with van der Waals surface area (Å²) in [5.41, 5.74) is 8.79. The third-order valence-electron chi connectivity index (χ3n) is 7.78. The molecule has 3 atom stereocenters. The van der Waals surface area contributed by atoms with E-state index in [1.165, 1.54) is 77.0 Å². The zero-order valence-corrected chi connectivity index (χ0v) is 14.3. The first-order valence-corrected chi connectivity index (χ1v) is 9.68. The summed E-state index contributed by atoms with van der Waals surface area (Å²) in [5.74, 6) is 1.82. The van der Waals surface area contributed by atoms with Crippen molar-refractivity contribution in [2.75, 3.05) is 0 Å². The van der Waals surface area contributed by atoms with E-state index in [9.17, 15) is 0 Å². The van der Waals surface area contributed by atoms with Crippen LogP contribution in [0.5, 0.6) is 0 Å². The molecule has 120 valence electrons. The Labute approximate surface area is 131 Å². The van der Waals surface area contributed by atoms with E-state index in [-0.39, 0.29) is 0 Å². The molecule has 0 aliphatic heterocycles. The third-order valence-corrected chi connectivity index (χ3v) is 7.78. The lowest BCUT2D eigenvalue weighted by Crippen LogP contribution is -2.62. The van der Waals surface area contributed by atoms with Gasteiger partial charge in [0.1, 0.15) is 0 Å². The molecule has 0 saturated heterocycles. The molecule has 1 heteroatoms. The monoisotopic (exact) mass is 289 g/mol. The predicted molar refractivity (Wildman–Crippen MR) is 89.0 cm³/mol. The van der Waals surface area contributed by atoms with E-state index < -0.39 is 0 Å². The molecule has 1 nitrogen and oxygen atoms in total. The lowest BCUT2D eigenvalue weighted by atomic mass is 9.38. The lowest BCUT2D eigenvalue weighted by Gasteiger charge is -2.67. The molecular formula is C20H35N. The maximum absolute atomic E-state index is 7.03. The average Bonchev–Trinajstić information content (AvgIpc) is 2.62. The number of hydrogen-bond acceptors (Lipinski definition) is 1. The summed E-state index contributed by atoms with van der Waals surface area (Å²) in [5, 5.41) is 0. The molecule has 0 aromatic carbocycles. The third kappa shape index (κ3) is 2.38. The average molecular weight is 290 g/mol. The van der Waals surface area contributed by atoms with Crippen LogP contribution >= 0.6 is 0 Å². The second kappa shape index (κ2) is 4.73. The summed E-state index contributed by atoms with van der Waals surface area (Å²) in [6, 6.07) is 0.498. The Bertz CT molecular complexity index is 388. The molecule has 5 aliphatic carbocycles. The maximum Gasteiger partial charge on any atom is 0.0124 e. The molecule has 5 rings (SSSR count). The van der Waals surface area contributed by atoms with Gasteiger partial charge in [0.2, 0.25) is 0 Å². The van der Waals surface area contributed by atoms with Gasteiger partial charge < -0.3 is 5.73 Å². The van der Waals surface area contributed by atoms with E-state index in [1.54, 1.807) is 0 Å². The van der Waals surface area contributed by atoms with Gasteiger partial charge in [-0.25, -0.2) is 0 Å². The first-order chi connectivity index (χ1) is 9.92. The number of hydrogen-bond donors (Lipinski definition) is 1. The van der Waals surface area contributed by atoms with Gasteiger partial charge in [-0.05, 0) is 79.4 Å². The van der Waals surface area contributed by atoms with Gasteiger partial charge in [0.05, 0.1) is 0 Å². The van der Waals surface area contributed by atoms with Crippen LogP contribution in [0.15, 0.2) is 0 Å². The molecule has 0 aromatic rings. The van der Waals surface area contributed by atoms with Gasteiger partial charge in [-0.2, -0.15) is 0 Å². The van der Waals surface area contributed by atoms with Crippen molar-refractivity contribution < 1.29 is 0 Å². The standard InChI is InChI=1S/C20H35N/c1-18-9-15-10-19(2,12-18)14-20(11-15,13-18)17(21)16-7-5-3-4-6-8-16/h15-17H,3-14,21H2,1-2H3. The summed E-state index contributed by atoms with van der Waals surface area (Å²) >= 11 is 0. The number of nitrogens with two attached hydrogens (primary N) is 1. The van der Waals surface area contributed by atoms with Crippen molar-refractivity contribution >= 4 is 0 Å². The molecule has 21 heavy (non-hydrogen) atoms. The Balaban J connectivity index is 1.61. The van der Waals surface area contributed by atoms with Gasteiger partial charge in [-0.1, -0.05) is 39.5 Å². The molecule has 2 N–H and O–H groups in total. The van der Waals surface area contributed by atoms with Crippen LogP contribution in [0.25, 0.3) is 0 Å². The molecule has 0 heterocycles. The molecule has 0 aromatic heterocycles. The smallest absolute Gasteiger partial charge is 0.0124 e. The fourth-order valence-corrected chi connectivity index (χ4v) is 8.08. The SMILES string of the molecule is CC12CC3CC(C)(C1)CC(C(N)C1CCCCCC1)(C3)C2. The van der Waals surface area contributed by atoms with E-state index >= 15 is 0 Å². The summed E-state index contributed by atoms with van der Waals surface area (Å²) < 4.78 is 0. The zero-order valence-electron chi connectivity index (χ0n) is 14.3. The van der Waals surface area contributed by atoms with Gasteiger partial charge in [0, 0.05) is 6.04 Å². The second-order valence-corrected chi connectivity index (χ2v) is 10.3. The first-order valence-electron chi connectivity index (χ1n) is 9.68.